The first-order valence-corrected chi connectivity index (χ1v) is 7.27. The molecule has 4 heteroatoms. The van der Waals surface area contributed by atoms with E-state index in [9.17, 15) is 5.11 Å². The van der Waals surface area contributed by atoms with Crippen molar-refractivity contribution in [2.45, 2.75) is 42.8 Å². The lowest BCUT2D eigenvalue weighted by Crippen LogP contribution is -2.45. The molecule has 1 saturated heterocycles. The molecule has 0 radical (unpaired) electrons. The summed E-state index contributed by atoms with van der Waals surface area (Å²) in [7, 11) is 1.61. The highest BCUT2D eigenvalue weighted by Crippen LogP contribution is 2.31. The molecule has 0 aromatic heterocycles. The van der Waals surface area contributed by atoms with E-state index in [0.717, 1.165) is 5.75 Å². The minimum Gasteiger partial charge on any atom is -0.392 e. The summed E-state index contributed by atoms with van der Waals surface area (Å²) in [6, 6.07) is 10.3. The zero-order valence-electron chi connectivity index (χ0n) is 10.8. The number of benzene rings is 1. The Bertz CT molecular complexity index is 345. The van der Waals surface area contributed by atoms with Crippen LogP contribution in [0.4, 0.5) is 0 Å². The summed E-state index contributed by atoms with van der Waals surface area (Å²) < 4.78 is 10.9. The van der Waals surface area contributed by atoms with E-state index >= 15 is 0 Å². The van der Waals surface area contributed by atoms with Crippen LogP contribution in [0.1, 0.15) is 18.9 Å². The molecular formula is C14H20O3S. The summed E-state index contributed by atoms with van der Waals surface area (Å²) in [5, 5.41) is 10.2. The van der Waals surface area contributed by atoms with Crippen LogP contribution in [0.5, 0.6) is 0 Å². The molecule has 0 unspecified atom stereocenters. The molecule has 0 spiro atoms. The number of hydrogen-bond acceptors (Lipinski definition) is 4. The van der Waals surface area contributed by atoms with Crippen LogP contribution in [0.25, 0.3) is 0 Å². The van der Waals surface area contributed by atoms with Gasteiger partial charge in [-0.3, -0.25) is 0 Å². The molecular weight excluding hydrogens is 248 g/mol. The number of methoxy groups -OCH3 is 1. The maximum absolute atomic E-state index is 10.1. The van der Waals surface area contributed by atoms with Crippen molar-refractivity contribution in [2.75, 3.05) is 7.11 Å². The number of aliphatic hydroxyl groups excluding tert-OH is 1. The molecule has 1 heterocycles. The van der Waals surface area contributed by atoms with Gasteiger partial charge in [0.1, 0.15) is 0 Å². The molecule has 3 nitrogen and oxygen atoms in total. The van der Waals surface area contributed by atoms with Crippen molar-refractivity contribution in [3.8, 4) is 0 Å². The highest BCUT2D eigenvalue weighted by atomic mass is 32.2. The molecule has 0 aliphatic carbocycles. The van der Waals surface area contributed by atoms with Crippen molar-refractivity contribution in [3.05, 3.63) is 35.9 Å². The summed E-state index contributed by atoms with van der Waals surface area (Å²) >= 11 is 1.75. The van der Waals surface area contributed by atoms with Gasteiger partial charge in [-0.15, -0.1) is 11.8 Å². The summed E-state index contributed by atoms with van der Waals surface area (Å²) in [6.45, 7) is 2.00. The number of aliphatic hydroxyl groups is 1. The second kappa shape index (κ2) is 6.57. The van der Waals surface area contributed by atoms with E-state index < -0.39 is 0 Å². The van der Waals surface area contributed by atoms with Gasteiger partial charge < -0.3 is 14.6 Å². The molecule has 1 fully saturated rings. The summed E-state index contributed by atoms with van der Waals surface area (Å²) in [5.41, 5.74) is 1.27. The molecule has 100 valence electrons. The third-order valence-electron chi connectivity index (χ3n) is 3.19. The van der Waals surface area contributed by atoms with Gasteiger partial charge in [0.25, 0.3) is 0 Å². The largest absolute Gasteiger partial charge is 0.392 e. The van der Waals surface area contributed by atoms with Gasteiger partial charge >= 0.3 is 0 Å². The fourth-order valence-electron chi connectivity index (χ4n) is 2.18. The lowest BCUT2D eigenvalue weighted by Gasteiger charge is -2.37. The topological polar surface area (TPSA) is 38.7 Å². The fraction of sp³-hybridized carbons (Fsp3) is 0.571. The molecule has 0 amide bonds. The van der Waals surface area contributed by atoms with Crippen LogP contribution in [-0.4, -0.2) is 36.0 Å². The molecule has 18 heavy (non-hydrogen) atoms. The first-order chi connectivity index (χ1) is 8.70. The van der Waals surface area contributed by atoms with Gasteiger partial charge in [0.05, 0.1) is 17.5 Å². The Morgan fingerprint density at radius 3 is 2.72 bits per heavy atom. The Kier molecular flexibility index (Phi) is 5.06. The third-order valence-corrected chi connectivity index (χ3v) is 4.77. The average Bonchev–Trinajstić information content (AvgIpc) is 2.38. The molecule has 0 bridgehead atoms. The normalized spacial score (nSPS) is 32.4. The van der Waals surface area contributed by atoms with E-state index in [-0.39, 0.29) is 23.7 Å². The van der Waals surface area contributed by atoms with Gasteiger partial charge in [-0.1, -0.05) is 30.3 Å². The SMILES string of the molecule is CO[C@@H]1C[C@H](O)[C@H](SCc2ccccc2)[C@@H](C)O1. The van der Waals surface area contributed by atoms with Crippen molar-refractivity contribution in [1.82, 2.24) is 0 Å². The van der Waals surface area contributed by atoms with Crippen LogP contribution in [0.15, 0.2) is 30.3 Å². The van der Waals surface area contributed by atoms with Crippen molar-refractivity contribution in [1.29, 1.82) is 0 Å². The molecule has 1 aliphatic heterocycles. The van der Waals surface area contributed by atoms with Gasteiger partial charge in [0.2, 0.25) is 0 Å². The quantitative estimate of drug-likeness (QED) is 0.910. The predicted molar refractivity (Wildman–Crippen MR) is 73.5 cm³/mol. The van der Waals surface area contributed by atoms with Crippen LogP contribution in [0, 0.1) is 0 Å². The molecule has 1 aromatic rings. The number of ether oxygens (including phenoxy) is 2. The van der Waals surface area contributed by atoms with E-state index in [2.05, 4.69) is 12.1 Å². The minimum absolute atomic E-state index is 0.00686. The highest BCUT2D eigenvalue weighted by molar-refractivity contribution is 7.99. The molecule has 1 aromatic carbocycles. The number of rotatable bonds is 4. The van der Waals surface area contributed by atoms with E-state index in [1.54, 1.807) is 18.9 Å². The third kappa shape index (κ3) is 3.48. The van der Waals surface area contributed by atoms with E-state index in [1.165, 1.54) is 5.56 Å². The van der Waals surface area contributed by atoms with Gasteiger partial charge in [-0.2, -0.15) is 0 Å². The summed E-state index contributed by atoms with van der Waals surface area (Å²) in [4.78, 5) is 0. The van der Waals surface area contributed by atoms with Crippen LogP contribution < -0.4 is 0 Å². The summed E-state index contributed by atoms with van der Waals surface area (Å²) in [6.07, 6.45) is -0.0868. The molecule has 1 aliphatic rings. The van der Waals surface area contributed by atoms with Gasteiger partial charge in [0.15, 0.2) is 6.29 Å². The maximum Gasteiger partial charge on any atom is 0.160 e. The van der Waals surface area contributed by atoms with Gasteiger partial charge in [-0.25, -0.2) is 0 Å². The van der Waals surface area contributed by atoms with E-state index in [0.29, 0.717) is 6.42 Å². The smallest absolute Gasteiger partial charge is 0.160 e. The first kappa shape index (κ1) is 13.9. The molecule has 0 saturated carbocycles. The Balaban J connectivity index is 1.89. The lowest BCUT2D eigenvalue weighted by atomic mass is 10.1. The van der Waals surface area contributed by atoms with Gasteiger partial charge in [0, 0.05) is 19.3 Å². The predicted octanol–water partition coefficient (Wildman–Crippen LogP) is 2.43. The van der Waals surface area contributed by atoms with Crippen molar-refractivity contribution < 1.29 is 14.6 Å². The molecule has 2 rings (SSSR count). The Morgan fingerprint density at radius 1 is 1.39 bits per heavy atom. The minimum atomic E-state index is -0.368. The monoisotopic (exact) mass is 268 g/mol. The number of hydrogen-bond donors (Lipinski definition) is 1. The lowest BCUT2D eigenvalue weighted by molar-refractivity contribution is -0.195. The van der Waals surface area contributed by atoms with Crippen LogP contribution >= 0.6 is 11.8 Å². The zero-order valence-corrected chi connectivity index (χ0v) is 11.6. The van der Waals surface area contributed by atoms with Gasteiger partial charge in [-0.05, 0) is 12.5 Å². The second-order valence-electron chi connectivity index (χ2n) is 4.57. The second-order valence-corrected chi connectivity index (χ2v) is 5.74. The number of thioether (sulfide) groups is 1. The van der Waals surface area contributed by atoms with E-state index in [1.807, 2.05) is 25.1 Å². The zero-order chi connectivity index (χ0) is 13.0. The van der Waals surface area contributed by atoms with Crippen LogP contribution in [0.2, 0.25) is 0 Å². The Hall–Kier alpha value is -0.550. The van der Waals surface area contributed by atoms with Crippen LogP contribution in [0.3, 0.4) is 0 Å². The fourth-order valence-corrected chi connectivity index (χ4v) is 3.43. The molecule has 4 atom stereocenters. The van der Waals surface area contributed by atoms with Crippen molar-refractivity contribution >= 4 is 11.8 Å². The van der Waals surface area contributed by atoms with Crippen LogP contribution in [-0.2, 0) is 15.2 Å². The average molecular weight is 268 g/mol. The van der Waals surface area contributed by atoms with Crippen molar-refractivity contribution in [3.63, 3.8) is 0 Å². The Morgan fingerprint density at radius 2 is 2.11 bits per heavy atom. The van der Waals surface area contributed by atoms with Crippen molar-refractivity contribution in [2.24, 2.45) is 0 Å². The first-order valence-electron chi connectivity index (χ1n) is 6.22. The Labute approximate surface area is 112 Å². The van der Waals surface area contributed by atoms with E-state index in [4.69, 9.17) is 9.47 Å². The molecule has 1 N–H and O–H groups in total. The highest BCUT2D eigenvalue weighted by Gasteiger charge is 2.35. The standard InChI is InChI=1S/C14H20O3S/c1-10-14(12(15)8-13(16-2)17-10)18-9-11-6-4-3-5-7-11/h3-7,10,12-15H,8-9H2,1-2H3/t10-,12+,13+,14-/m1/s1. The maximum atomic E-state index is 10.1. The summed E-state index contributed by atoms with van der Waals surface area (Å²) in [5.74, 6) is 0.897.